The van der Waals surface area contributed by atoms with Crippen LogP contribution in [0, 0.1) is 19.8 Å². The molecule has 1 saturated heterocycles. The average Bonchev–Trinajstić information content (AvgIpc) is 2.56. The van der Waals surface area contributed by atoms with E-state index in [0.717, 1.165) is 50.4 Å². The first-order chi connectivity index (χ1) is 11.1. The van der Waals surface area contributed by atoms with Crippen LogP contribution in [0.25, 0.3) is 0 Å². The van der Waals surface area contributed by atoms with Crippen molar-refractivity contribution in [3.8, 4) is 0 Å². The van der Waals surface area contributed by atoms with Gasteiger partial charge in [0.1, 0.15) is 5.82 Å². The zero-order chi connectivity index (χ0) is 16.2. The monoisotopic (exact) mass is 313 g/mol. The molecule has 0 unspecified atom stereocenters. The van der Waals surface area contributed by atoms with Crippen molar-refractivity contribution < 1.29 is 0 Å². The third kappa shape index (κ3) is 4.01. The van der Waals surface area contributed by atoms with Crippen LogP contribution in [0.1, 0.15) is 29.8 Å². The molecule has 3 rings (SSSR count). The van der Waals surface area contributed by atoms with E-state index < -0.39 is 0 Å². The topological polar surface area (TPSA) is 63.9 Å². The summed E-state index contributed by atoms with van der Waals surface area (Å²) in [6.45, 7) is 7.49. The van der Waals surface area contributed by atoms with Crippen LogP contribution in [0.4, 0.5) is 0 Å². The van der Waals surface area contributed by atoms with Crippen molar-refractivity contribution in [3.63, 3.8) is 0 Å². The molecule has 122 valence electrons. The number of hydrogen-bond donors (Lipinski definition) is 0. The first kappa shape index (κ1) is 15.8. The van der Waals surface area contributed by atoms with Crippen LogP contribution in [-0.4, -0.2) is 37.5 Å². The largest absolute Gasteiger partial charge is 0.299 e. The van der Waals surface area contributed by atoms with Crippen molar-refractivity contribution in [2.45, 2.75) is 39.8 Å². The molecule has 0 radical (unpaired) electrons. The molecule has 0 bridgehead atoms. The SMILES string of the molecule is Cc1ncc(CN2CCC(Cn3cncc(C)c3=O)CC2)cn1. The molecule has 1 aliphatic heterocycles. The average molecular weight is 313 g/mol. The van der Waals surface area contributed by atoms with Gasteiger partial charge in [-0.3, -0.25) is 14.3 Å². The zero-order valence-corrected chi connectivity index (χ0v) is 13.8. The Bertz CT molecular complexity index is 702. The molecule has 3 heterocycles. The van der Waals surface area contributed by atoms with Gasteiger partial charge in [-0.1, -0.05) is 0 Å². The maximum absolute atomic E-state index is 12.1. The Balaban J connectivity index is 1.53. The minimum atomic E-state index is 0.0826. The van der Waals surface area contributed by atoms with Crippen LogP contribution in [0.3, 0.4) is 0 Å². The summed E-state index contributed by atoms with van der Waals surface area (Å²) in [4.78, 5) is 27.1. The second-order valence-corrected chi connectivity index (χ2v) is 6.39. The van der Waals surface area contributed by atoms with Gasteiger partial charge in [-0.2, -0.15) is 0 Å². The summed E-state index contributed by atoms with van der Waals surface area (Å²) in [6.07, 6.45) is 9.31. The van der Waals surface area contributed by atoms with Crippen LogP contribution >= 0.6 is 0 Å². The van der Waals surface area contributed by atoms with Crippen molar-refractivity contribution in [1.29, 1.82) is 0 Å². The van der Waals surface area contributed by atoms with E-state index in [1.807, 2.05) is 26.2 Å². The quantitative estimate of drug-likeness (QED) is 0.857. The first-order valence-electron chi connectivity index (χ1n) is 8.13. The van der Waals surface area contributed by atoms with Crippen LogP contribution in [0.5, 0.6) is 0 Å². The molecule has 0 saturated carbocycles. The first-order valence-corrected chi connectivity index (χ1v) is 8.13. The van der Waals surface area contributed by atoms with Crippen LogP contribution in [0.2, 0.25) is 0 Å². The van der Waals surface area contributed by atoms with Gasteiger partial charge >= 0.3 is 0 Å². The third-order valence-corrected chi connectivity index (χ3v) is 4.48. The number of rotatable bonds is 4. The molecule has 0 aliphatic carbocycles. The maximum Gasteiger partial charge on any atom is 0.256 e. The van der Waals surface area contributed by atoms with Gasteiger partial charge in [-0.15, -0.1) is 0 Å². The fourth-order valence-electron chi connectivity index (χ4n) is 3.05. The summed E-state index contributed by atoms with van der Waals surface area (Å²) in [5.41, 5.74) is 1.96. The molecule has 0 N–H and O–H groups in total. The number of likely N-dealkylation sites (tertiary alicyclic amines) is 1. The Morgan fingerprint density at radius 2 is 1.83 bits per heavy atom. The molecule has 23 heavy (non-hydrogen) atoms. The van der Waals surface area contributed by atoms with Crippen molar-refractivity contribution >= 4 is 0 Å². The second kappa shape index (κ2) is 7.00. The van der Waals surface area contributed by atoms with Gasteiger partial charge in [0.05, 0.1) is 6.33 Å². The molecule has 0 spiro atoms. The minimum Gasteiger partial charge on any atom is -0.299 e. The van der Waals surface area contributed by atoms with Gasteiger partial charge in [0, 0.05) is 42.8 Å². The lowest BCUT2D eigenvalue weighted by molar-refractivity contribution is 0.166. The maximum atomic E-state index is 12.1. The van der Waals surface area contributed by atoms with E-state index in [1.54, 1.807) is 17.1 Å². The Labute approximate surface area is 136 Å². The van der Waals surface area contributed by atoms with Crippen molar-refractivity contribution in [1.82, 2.24) is 24.4 Å². The highest BCUT2D eigenvalue weighted by Crippen LogP contribution is 2.20. The molecule has 2 aromatic heterocycles. The molecule has 0 amide bonds. The Morgan fingerprint density at radius 1 is 1.13 bits per heavy atom. The Hall–Kier alpha value is -2.08. The highest BCUT2D eigenvalue weighted by Gasteiger charge is 2.20. The van der Waals surface area contributed by atoms with Crippen LogP contribution in [-0.2, 0) is 13.1 Å². The minimum absolute atomic E-state index is 0.0826. The Kier molecular flexibility index (Phi) is 4.81. The molecule has 0 aromatic carbocycles. The van der Waals surface area contributed by atoms with Gasteiger partial charge in [-0.05, 0) is 45.7 Å². The smallest absolute Gasteiger partial charge is 0.256 e. The lowest BCUT2D eigenvalue weighted by Gasteiger charge is -2.32. The van der Waals surface area contributed by atoms with Gasteiger partial charge in [0.15, 0.2) is 0 Å². The van der Waals surface area contributed by atoms with E-state index in [4.69, 9.17) is 0 Å². The summed E-state index contributed by atoms with van der Waals surface area (Å²) >= 11 is 0. The highest BCUT2D eigenvalue weighted by molar-refractivity contribution is 5.05. The molecule has 6 heteroatoms. The lowest BCUT2D eigenvalue weighted by atomic mass is 9.96. The van der Waals surface area contributed by atoms with E-state index in [-0.39, 0.29) is 5.56 Å². The number of aromatic nitrogens is 4. The normalized spacial score (nSPS) is 16.6. The number of aryl methyl sites for hydroxylation is 2. The van der Waals surface area contributed by atoms with Crippen molar-refractivity contribution in [3.05, 3.63) is 52.2 Å². The molecule has 1 aliphatic rings. The van der Waals surface area contributed by atoms with Gasteiger partial charge in [-0.25, -0.2) is 15.0 Å². The van der Waals surface area contributed by atoms with Crippen molar-refractivity contribution in [2.24, 2.45) is 5.92 Å². The van der Waals surface area contributed by atoms with Gasteiger partial charge < -0.3 is 0 Å². The number of piperidine rings is 1. The summed E-state index contributed by atoms with van der Waals surface area (Å²) in [5.74, 6) is 1.35. The molecule has 6 nitrogen and oxygen atoms in total. The predicted octanol–water partition coefficient (Wildman–Crippen LogP) is 1.56. The number of hydrogen-bond acceptors (Lipinski definition) is 5. The standard InChI is InChI=1S/C17H23N5O/c1-13-7-18-12-22(17(13)23)11-15-3-5-21(6-4-15)10-16-8-19-14(2)20-9-16/h7-9,12,15H,3-6,10-11H2,1-2H3. The van der Waals surface area contributed by atoms with Gasteiger partial charge in [0.2, 0.25) is 0 Å². The third-order valence-electron chi connectivity index (χ3n) is 4.48. The molecular weight excluding hydrogens is 290 g/mol. The van der Waals surface area contributed by atoms with Crippen LogP contribution < -0.4 is 5.56 Å². The Morgan fingerprint density at radius 3 is 2.52 bits per heavy atom. The summed E-state index contributed by atoms with van der Waals surface area (Å²) < 4.78 is 1.75. The van der Waals surface area contributed by atoms with E-state index in [2.05, 4.69) is 19.9 Å². The van der Waals surface area contributed by atoms with Gasteiger partial charge in [0.25, 0.3) is 5.56 Å². The molecule has 2 aromatic rings. The lowest BCUT2D eigenvalue weighted by Crippen LogP contribution is -2.36. The summed E-state index contributed by atoms with van der Waals surface area (Å²) in [7, 11) is 0. The summed E-state index contributed by atoms with van der Waals surface area (Å²) in [6, 6.07) is 0. The highest BCUT2D eigenvalue weighted by atomic mass is 16.1. The van der Waals surface area contributed by atoms with E-state index in [0.29, 0.717) is 11.5 Å². The molecule has 1 fully saturated rings. The van der Waals surface area contributed by atoms with E-state index >= 15 is 0 Å². The molecule has 0 atom stereocenters. The summed E-state index contributed by atoms with van der Waals surface area (Å²) in [5, 5.41) is 0. The fraction of sp³-hybridized carbons (Fsp3) is 0.529. The number of nitrogens with zero attached hydrogens (tertiary/aromatic N) is 5. The fourth-order valence-corrected chi connectivity index (χ4v) is 3.05. The molecular formula is C17H23N5O. The van der Waals surface area contributed by atoms with E-state index in [1.165, 1.54) is 0 Å². The second-order valence-electron chi connectivity index (χ2n) is 6.39. The van der Waals surface area contributed by atoms with Crippen LogP contribution in [0.15, 0.2) is 29.7 Å². The van der Waals surface area contributed by atoms with E-state index in [9.17, 15) is 4.79 Å². The predicted molar refractivity (Wildman–Crippen MR) is 88.0 cm³/mol. The zero-order valence-electron chi connectivity index (χ0n) is 13.8. The van der Waals surface area contributed by atoms with Crippen molar-refractivity contribution in [2.75, 3.05) is 13.1 Å².